The summed E-state index contributed by atoms with van der Waals surface area (Å²) in [5.74, 6) is -1.20. The van der Waals surface area contributed by atoms with Gasteiger partial charge in [-0.1, -0.05) is 57.4 Å². The number of carbonyl (C=O) groups is 2. The van der Waals surface area contributed by atoms with Crippen molar-refractivity contribution in [2.75, 3.05) is 0 Å². The number of unbranched alkanes of at least 4 members (excludes halogenated alkanes) is 4. The maximum atomic E-state index is 12.3. The summed E-state index contributed by atoms with van der Waals surface area (Å²) in [7, 11) is 0. The number of carboxylic acid groups (broad SMARTS) is 1. The van der Waals surface area contributed by atoms with Gasteiger partial charge in [-0.2, -0.15) is 0 Å². The van der Waals surface area contributed by atoms with Crippen LogP contribution in [0.5, 0.6) is 0 Å². The van der Waals surface area contributed by atoms with Gasteiger partial charge in [0.05, 0.1) is 6.10 Å². The van der Waals surface area contributed by atoms with Gasteiger partial charge in [-0.15, -0.1) is 0 Å². The Morgan fingerprint density at radius 3 is 2.57 bits per heavy atom. The number of carbonyl (C=O) groups excluding carboxylic acids is 1. The van der Waals surface area contributed by atoms with E-state index in [-0.39, 0.29) is 24.0 Å². The highest BCUT2D eigenvalue weighted by Gasteiger charge is 2.32. The lowest BCUT2D eigenvalue weighted by molar-refractivity contribution is -0.147. The van der Waals surface area contributed by atoms with E-state index in [1.807, 2.05) is 13.0 Å². The third kappa shape index (κ3) is 8.70. The first-order chi connectivity index (χ1) is 13.4. The van der Waals surface area contributed by atoms with Crippen molar-refractivity contribution < 1.29 is 24.9 Å². The molecule has 3 N–H and O–H groups in total. The summed E-state index contributed by atoms with van der Waals surface area (Å²) >= 11 is 0. The zero-order chi connectivity index (χ0) is 20.9. The van der Waals surface area contributed by atoms with Gasteiger partial charge in [0.2, 0.25) is 0 Å². The molecule has 5 nitrogen and oxygen atoms in total. The zero-order valence-electron chi connectivity index (χ0n) is 17.4. The SMILES string of the molecule is CCCCCCC=C[C@H]1CCC(=O)[C@@H]1CC=CC(CC(O)C(=O)O)C(O)CC. The molecule has 1 saturated carbocycles. The quantitative estimate of drug-likeness (QED) is 0.302. The average molecular weight is 395 g/mol. The number of aliphatic carboxylic acids is 1. The van der Waals surface area contributed by atoms with E-state index in [1.54, 1.807) is 6.08 Å². The Morgan fingerprint density at radius 2 is 1.93 bits per heavy atom. The van der Waals surface area contributed by atoms with Crippen LogP contribution in [-0.2, 0) is 9.59 Å². The summed E-state index contributed by atoms with van der Waals surface area (Å²) < 4.78 is 0. The maximum absolute atomic E-state index is 12.3. The van der Waals surface area contributed by atoms with Gasteiger partial charge in [0.25, 0.3) is 0 Å². The molecule has 0 aromatic carbocycles. The minimum Gasteiger partial charge on any atom is -0.479 e. The number of aliphatic hydroxyl groups excluding tert-OH is 2. The summed E-state index contributed by atoms with van der Waals surface area (Å²) in [4.78, 5) is 23.1. The maximum Gasteiger partial charge on any atom is 0.332 e. The summed E-state index contributed by atoms with van der Waals surface area (Å²) in [6.07, 6.45) is 14.4. The fourth-order valence-corrected chi connectivity index (χ4v) is 3.86. The van der Waals surface area contributed by atoms with Gasteiger partial charge < -0.3 is 15.3 Å². The number of allylic oxidation sites excluding steroid dienone is 3. The Kier molecular flexibility index (Phi) is 12.0. The molecule has 5 atom stereocenters. The largest absolute Gasteiger partial charge is 0.479 e. The summed E-state index contributed by atoms with van der Waals surface area (Å²) in [6.45, 7) is 4.02. The van der Waals surface area contributed by atoms with Crippen molar-refractivity contribution in [2.24, 2.45) is 17.8 Å². The van der Waals surface area contributed by atoms with Crippen molar-refractivity contribution >= 4 is 11.8 Å². The normalized spacial score (nSPS) is 23.5. The first-order valence-corrected chi connectivity index (χ1v) is 10.9. The van der Waals surface area contributed by atoms with Crippen LogP contribution >= 0.6 is 0 Å². The Balaban J connectivity index is 2.60. The Hall–Kier alpha value is -1.46. The van der Waals surface area contributed by atoms with Crippen molar-refractivity contribution in [1.29, 1.82) is 0 Å². The van der Waals surface area contributed by atoms with E-state index in [1.165, 1.54) is 25.7 Å². The van der Waals surface area contributed by atoms with Crippen LogP contribution in [0, 0.1) is 17.8 Å². The Labute approximate surface area is 169 Å². The van der Waals surface area contributed by atoms with Gasteiger partial charge in [-0.05, 0) is 44.4 Å². The molecule has 3 unspecified atom stereocenters. The van der Waals surface area contributed by atoms with Gasteiger partial charge in [-0.25, -0.2) is 4.79 Å². The fraction of sp³-hybridized carbons (Fsp3) is 0.739. The lowest BCUT2D eigenvalue weighted by Crippen LogP contribution is -2.28. The third-order valence-electron chi connectivity index (χ3n) is 5.73. The second-order valence-corrected chi connectivity index (χ2v) is 7.95. The van der Waals surface area contributed by atoms with E-state index in [4.69, 9.17) is 5.11 Å². The molecule has 1 rings (SSSR count). The molecule has 1 aliphatic carbocycles. The van der Waals surface area contributed by atoms with Crippen molar-refractivity contribution in [3.05, 3.63) is 24.3 Å². The third-order valence-corrected chi connectivity index (χ3v) is 5.73. The van der Waals surface area contributed by atoms with Gasteiger partial charge in [0, 0.05) is 18.3 Å². The van der Waals surface area contributed by atoms with Crippen molar-refractivity contribution in [3.63, 3.8) is 0 Å². The summed E-state index contributed by atoms with van der Waals surface area (Å²) in [5.41, 5.74) is 0. The van der Waals surface area contributed by atoms with Crippen LogP contribution in [0.2, 0.25) is 0 Å². The van der Waals surface area contributed by atoms with Gasteiger partial charge in [-0.3, -0.25) is 4.79 Å². The Morgan fingerprint density at radius 1 is 1.18 bits per heavy atom. The van der Waals surface area contributed by atoms with E-state index < -0.39 is 24.1 Å². The standard InChI is InChI=1S/C23H38O5/c1-3-5-6-7-8-9-11-17-14-15-21(25)19(17)13-10-12-18(20(24)4-2)16-22(26)23(27)28/h9-12,17-20,22,24,26H,3-8,13-16H2,1-2H3,(H,27,28)/t17-,18?,19+,20?,22?/m0/s1. The van der Waals surface area contributed by atoms with Crippen molar-refractivity contribution in [2.45, 2.75) is 90.3 Å². The molecule has 0 spiro atoms. The van der Waals surface area contributed by atoms with Crippen LogP contribution in [0.25, 0.3) is 0 Å². The molecule has 1 fully saturated rings. The van der Waals surface area contributed by atoms with E-state index >= 15 is 0 Å². The topological polar surface area (TPSA) is 94.8 Å². The highest BCUT2D eigenvalue weighted by molar-refractivity contribution is 5.83. The zero-order valence-corrected chi connectivity index (χ0v) is 17.4. The number of Topliss-reactive ketones (excluding diaryl/α,β-unsaturated/α-hetero) is 1. The molecular formula is C23H38O5. The monoisotopic (exact) mass is 394 g/mol. The molecule has 0 aromatic rings. The number of rotatable bonds is 14. The summed E-state index contributed by atoms with van der Waals surface area (Å²) in [6, 6.07) is 0. The second-order valence-electron chi connectivity index (χ2n) is 7.95. The molecule has 0 bridgehead atoms. The van der Waals surface area contributed by atoms with Gasteiger partial charge >= 0.3 is 5.97 Å². The molecule has 0 amide bonds. The molecule has 0 aliphatic heterocycles. The van der Waals surface area contributed by atoms with Crippen LogP contribution in [0.15, 0.2) is 24.3 Å². The molecule has 0 heterocycles. The molecule has 0 radical (unpaired) electrons. The molecule has 1 aliphatic rings. The predicted octanol–water partition coefficient (Wildman–Crippen LogP) is 4.28. The van der Waals surface area contributed by atoms with Gasteiger partial charge in [0.1, 0.15) is 5.78 Å². The number of carboxylic acids is 1. The highest BCUT2D eigenvalue weighted by atomic mass is 16.4. The number of hydrogen-bond donors (Lipinski definition) is 3. The molecule has 160 valence electrons. The van der Waals surface area contributed by atoms with Crippen LogP contribution in [0.1, 0.15) is 78.1 Å². The fourth-order valence-electron chi connectivity index (χ4n) is 3.86. The van der Waals surface area contributed by atoms with Crippen LogP contribution in [0.4, 0.5) is 0 Å². The van der Waals surface area contributed by atoms with E-state index in [0.717, 1.165) is 12.8 Å². The number of ketones is 1. The van der Waals surface area contributed by atoms with Crippen LogP contribution in [-0.4, -0.2) is 39.3 Å². The second kappa shape index (κ2) is 13.7. The first-order valence-electron chi connectivity index (χ1n) is 10.9. The lowest BCUT2D eigenvalue weighted by Gasteiger charge is -2.20. The smallest absolute Gasteiger partial charge is 0.332 e. The molecule has 5 heteroatoms. The lowest BCUT2D eigenvalue weighted by atomic mass is 9.89. The van der Waals surface area contributed by atoms with E-state index in [2.05, 4.69) is 19.1 Å². The van der Waals surface area contributed by atoms with Crippen molar-refractivity contribution in [1.82, 2.24) is 0 Å². The summed E-state index contributed by atoms with van der Waals surface area (Å²) in [5, 5.41) is 28.6. The molecular weight excluding hydrogens is 356 g/mol. The minimum atomic E-state index is -1.49. The molecule has 0 aromatic heterocycles. The number of hydrogen-bond acceptors (Lipinski definition) is 4. The van der Waals surface area contributed by atoms with Gasteiger partial charge in [0.15, 0.2) is 6.10 Å². The van der Waals surface area contributed by atoms with E-state index in [0.29, 0.717) is 19.3 Å². The highest BCUT2D eigenvalue weighted by Crippen LogP contribution is 2.33. The Bertz CT molecular complexity index is 525. The number of aliphatic hydroxyl groups is 2. The molecule has 28 heavy (non-hydrogen) atoms. The average Bonchev–Trinajstić information content (AvgIpc) is 3.02. The van der Waals surface area contributed by atoms with E-state index in [9.17, 15) is 19.8 Å². The first kappa shape index (κ1) is 24.6. The van der Waals surface area contributed by atoms with Crippen LogP contribution < -0.4 is 0 Å². The van der Waals surface area contributed by atoms with Crippen LogP contribution in [0.3, 0.4) is 0 Å². The minimum absolute atomic E-state index is 0.0272. The van der Waals surface area contributed by atoms with Crippen molar-refractivity contribution in [3.8, 4) is 0 Å². The molecule has 0 saturated heterocycles. The predicted molar refractivity (Wildman–Crippen MR) is 111 cm³/mol.